The van der Waals surface area contributed by atoms with E-state index < -0.39 is 0 Å². The summed E-state index contributed by atoms with van der Waals surface area (Å²) in [4.78, 5) is 13.8. The number of hydrogen-bond donors (Lipinski definition) is 2. The predicted molar refractivity (Wildman–Crippen MR) is 102 cm³/mol. The summed E-state index contributed by atoms with van der Waals surface area (Å²) >= 11 is 0. The van der Waals surface area contributed by atoms with Crippen molar-refractivity contribution in [2.24, 2.45) is 5.92 Å². The fraction of sp³-hybridized carbons (Fsp3) is 0.667. The first kappa shape index (κ1) is 17.0. The van der Waals surface area contributed by atoms with Crippen LogP contribution < -0.4 is 15.5 Å². The van der Waals surface area contributed by atoms with Gasteiger partial charge < -0.3 is 15.5 Å². The Bertz CT molecular complexity index is 579. The SMILES string of the molecule is O=C1CCCN1c1ccc(CNC2CCCC2C2CCCCN2)cc1. The first-order valence-corrected chi connectivity index (χ1v) is 10.2. The monoisotopic (exact) mass is 341 g/mol. The highest BCUT2D eigenvalue weighted by atomic mass is 16.2. The van der Waals surface area contributed by atoms with E-state index in [9.17, 15) is 4.79 Å². The Balaban J connectivity index is 1.32. The van der Waals surface area contributed by atoms with E-state index in [1.807, 2.05) is 4.90 Å². The molecular weight excluding hydrogens is 310 g/mol. The maximum Gasteiger partial charge on any atom is 0.227 e. The van der Waals surface area contributed by atoms with Crippen molar-refractivity contribution >= 4 is 11.6 Å². The van der Waals surface area contributed by atoms with Gasteiger partial charge in [-0.2, -0.15) is 0 Å². The topological polar surface area (TPSA) is 44.4 Å². The summed E-state index contributed by atoms with van der Waals surface area (Å²) in [5.41, 5.74) is 2.37. The van der Waals surface area contributed by atoms with Gasteiger partial charge in [0.15, 0.2) is 0 Å². The van der Waals surface area contributed by atoms with Gasteiger partial charge in [0.1, 0.15) is 0 Å². The maximum atomic E-state index is 11.9. The van der Waals surface area contributed by atoms with E-state index in [4.69, 9.17) is 0 Å². The normalized spacial score (nSPS) is 30.2. The largest absolute Gasteiger partial charge is 0.314 e. The minimum Gasteiger partial charge on any atom is -0.314 e. The highest BCUT2D eigenvalue weighted by molar-refractivity contribution is 5.95. The molecule has 0 bridgehead atoms. The van der Waals surface area contributed by atoms with E-state index in [1.165, 1.54) is 50.6 Å². The summed E-state index contributed by atoms with van der Waals surface area (Å²) in [6, 6.07) is 9.94. The Morgan fingerprint density at radius 1 is 1.04 bits per heavy atom. The first-order valence-electron chi connectivity index (χ1n) is 10.2. The number of rotatable bonds is 5. The van der Waals surface area contributed by atoms with Gasteiger partial charge in [0.2, 0.25) is 5.91 Å². The van der Waals surface area contributed by atoms with Crippen LogP contribution in [0, 0.1) is 5.92 Å². The van der Waals surface area contributed by atoms with Crippen LogP contribution in [0.25, 0.3) is 0 Å². The number of piperidine rings is 1. The zero-order valence-corrected chi connectivity index (χ0v) is 15.2. The molecule has 3 atom stereocenters. The van der Waals surface area contributed by atoms with Crippen molar-refractivity contribution in [3.63, 3.8) is 0 Å². The molecule has 0 aromatic heterocycles. The second-order valence-corrected chi connectivity index (χ2v) is 7.95. The molecule has 1 aliphatic carbocycles. The van der Waals surface area contributed by atoms with Crippen molar-refractivity contribution in [2.45, 2.75) is 70.0 Å². The lowest BCUT2D eigenvalue weighted by Crippen LogP contribution is -2.46. The number of benzene rings is 1. The Labute approximate surface area is 151 Å². The molecule has 1 aromatic rings. The molecule has 4 heteroatoms. The van der Waals surface area contributed by atoms with Crippen LogP contribution in [-0.4, -0.2) is 31.1 Å². The number of carbonyl (C=O) groups excluding carboxylic acids is 1. The molecule has 2 saturated heterocycles. The molecule has 2 N–H and O–H groups in total. The molecule has 4 nitrogen and oxygen atoms in total. The highest BCUT2D eigenvalue weighted by Gasteiger charge is 2.33. The van der Waals surface area contributed by atoms with Crippen LogP contribution >= 0.6 is 0 Å². The lowest BCUT2D eigenvalue weighted by Gasteiger charge is -2.33. The third kappa shape index (κ3) is 3.90. The highest BCUT2D eigenvalue weighted by Crippen LogP contribution is 2.32. The van der Waals surface area contributed by atoms with Crippen molar-refractivity contribution in [1.82, 2.24) is 10.6 Å². The van der Waals surface area contributed by atoms with Crippen molar-refractivity contribution in [3.05, 3.63) is 29.8 Å². The molecule has 25 heavy (non-hydrogen) atoms. The fourth-order valence-corrected chi connectivity index (χ4v) is 4.93. The van der Waals surface area contributed by atoms with Crippen LogP contribution in [0.2, 0.25) is 0 Å². The molecule has 136 valence electrons. The minimum absolute atomic E-state index is 0.264. The van der Waals surface area contributed by atoms with E-state index in [-0.39, 0.29) is 5.91 Å². The average Bonchev–Trinajstić information content (AvgIpc) is 3.30. The standard InChI is InChI=1S/C21H31N3O/c25-21-8-4-14-24(21)17-11-9-16(10-12-17)15-23-20-7-3-5-18(20)19-6-1-2-13-22-19/h9-12,18-20,22-23H,1-8,13-15H2. The third-order valence-electron chi connectivity index (χ3n) is 6.32. The summed E-state index contributed by atoms with van der Waals surface area (Å²) in [5, 5.41) is 7.58. The fourth-order valence-electron chi connectivity index (χ4n) is 4.93. The van der Waals surface area contributed by atoms with Gasteiger partial charge in [0.05, 0.1) is 0 Å². The van der Waals surface area contributed by atoms with Gasteiger partial charge in [-0.3, -0.25) is 4.79 Å². The van der Waals surface area contributed by atoms with E-state index in [1.54, 1.807) is 0 Å². The number of carbonyl (C=O) groups is 1. The van der Waals surface area contributed by atoms with Crippen LogP contribution in [0.15, 0.2) is 24.3 Å². The zero-order chi connectivity index (χ0) is 17.1. The molecule has 3 fully saturated rings. The second-order valence-electron chi connectivity index (χ2n) is 7.95. The molecule has 2 heterocycles. The van der Waals surface area contributed by atoms with Gasteiger partial charge >= 0.3 is 0 Å². The predicted octanol–water partition coefficient (Wildman–Crippen LogP) is 3.21. The minimum atomic E-state index is 0.264. The third-order valence-corrected chi connectivity index (χ3v) is 6.32. The van der Waals surface area contributed by atoms with Crippen molar-refractivity contribution < 1.29 is 4.79 Å². The molecular formula is C21H31N3O. The van der Waals surface area contributed by atoms with Gasteiger partial charge in [-0.05, 0) is 62.3 Å². The molecule has 1 amide bonds. The Hall–Kier alpha value is -1.39. The van der Waals surface area contributed by atoms with Crippen LogP contribution in [0.3, 0.4) is 0 Å². The number of amides is 1. The summed E-state index contributed by atoms with van der Waals surface area (Å²) in [6.07, 6.45) is 9.79. The number of nitrogens with zero attached hydrogens (tertiary/aromatic N) is 1. The van der Waals surface area contributed by atoms with Gasteiger partial charge in [-0.1, -0.05) is 25.0 Å². The summed E-state index contributed by atoms with van der Waals surface area (Å²) in [7, 11) is 0. The van der Waals surface area contributed by atoms with Gasteiger partial charge in [-0.25, -0.2) is 0 Å². The average molecular weight is 341 g/mol. The summed E-state index contributed by atoms with van der Waals surface area (Å²) in [5.74, 6) is 1.06. The van der Waals surface area contributed by atoms with Gasteiger partial charge in [-0.15, -0.1) is 0 Å². The molecule has 2 aliphatic heterocycles. The lowest BCUT2D eigenvalue weighted by atomic mass is 9.88. The quantitative estimate of drug-likeness (QED) is 0.864. The number of nitrogens with one attached hydrogen (secondary N) is 2. The molecule has 3 aliphatic rings. The Morgan fingerprint density at radius 2 is 1.92 bits per heavy atom. The van der Waals surface area contributed by atoms with Crippen LogP contribution in [0.1, 0.15) is 56.9 Å². The van der Waals surface area contributed by atoms with Crippen LogP contribution in [0.4, 0.5) is 5.69 Å². The van der Waals surface area contributed by atoms with Gasteiger partial charge in [0, 0.05) is 37.3 Å². The van der Waals surface area contributed by atoms with Crippen LogP contribution in [0.5, 0.6) is 0 Å². The molecule has 3 unspecified atom stereocenters. The Morgan fingerprint density at radius 3 is 2.64 bits per heavy atom. The van der Waals surface area contributed by atoms with Gasteiger partial charge in [0.25, 0.3) is 0 Å². The molecule has 1 aromatic carbocycles. The summed E-state index contributed by atoms with van der Waals surface area (Å²) in [6.45, 7) is 3.00. The van der Waals surface area contributed by atoms with E-state index >= 15 is 0 Å². The smallest absolute Gasteiger partial charge is 0.227 e. The first-order chi connectivity index (χ1) is 12.3. The summed E-state index contributed by atoms with van der Waals surface area (Å²) < 4.78 is 0. The molecule has 4 rings (SSSR count). The van der Waals surface area contributed by atoms with E-state index in [2.05, 4.69) is 34.9 Å². The van der Waals surface area contributed by atoms with Crippen LogP contribution in [-0.2, 0) is 11.3 Å². The molecule has 0 spiro atoms. The molecule has 0 radical (unpaired) electrons. The van der Waals surface area contributed by atoms with E-state index in [0.717, 1.165) is 37.2 Å². The number of hydrogen-bond acceptors (Lipinski definition) is 3. The lowest BCUT2D eigenvalue weighted by molar-refractivity contribution is -0.117. The Kier molecular flexibility index (Phi) is 5.37. The second kappa shape index (κ2) is 7.88. The van der Waals surface area contributed by atoms with Crippen molar-refractivity contribution in [1.29, 1.82) is 0 Å². The van der Waals surface area contributed by atoms with E-state index in [0.29, 0.717) is 12.5 Å². The zero-order valence-electron chi connectivity index (χ0n) is 15.2. The van der Waals surface area contributed by atoms with Crippen molar-refractivity contribution in [2.75, 3.05) is 18.0 Å². The maximum absolute atomic E-state index is 11.9. The van der Waals surface area contributed by atoms with Crippen molar-refractivity contribution in [3.8, 4) is 0 Å². The number of anilines is 1. The molecule has 1 saturated carbocycles.